The smallest absolute Gasteiger partial charge is 0.272 e. The van der Waals surface area contributed by atoms with Crippen molar-refractivity contribution in [1.29, 1.82) is 0 Å². The molecule has 1 heterocycles. The lowest BCUT2D eigenvalue weighted by atomic mass is 10.2. The molecule has 7 heteroatoms. The predicted octanol–water partition coefficient (Wildman–Crippen LogP) is 4.53. The minimum atomic E-state index is -0.390. The first-order valence-electron chi connectivity index (χ1n) is 8.95. The molecule has 150 valence electrons. The zero-order valence-electron chi connectivity index (χ0n) is 16.7. The van der Waals surface area contributed by atoms with Gasteiger partial charge in [0.05, 0.1) is 31.0 Å². The van der Waals surface area contributed by atoms with Gasteiger partial charge in [0.2, 0.25) is 0 Å². The summed E-state index contributed by atoms with van der Waals surface area (Å²) in [6.07, 6.45) is 1.52. The van der Waals surface area contributed by atoms with E-state index >= 15 is 0 Å². The molecule has 0 atom stereocenters. The van der Waals surface area contributed by atoms with E-state index in [1.807, 2.05) is 32.0 Å². The largest absolute Gasteiger partial charge is 0.493 e. The van der Waals surface area contributed by atoms with Crippen LogP contribution in [0.15, 0.2) is 53.6 Å². The number of methoxy groups -OCH3 is 2. The first-order chi connectivity index (χ1) is 13.9. The first kappa shape index (κ1) is 20.5. The number of halogens is 1. The van der Waals surface area contributed by atoms with Gasteiger partial charge in [-0.05, 0) is 67.9 Å². The molecule has 0 aliphatic carbocycles. The quantitative estimate of drug-likeness (QED) is 0.478. The van der Waals surface area contributed by atoms with Gasteiger partial charge in [-0.2, -0.15) is 5.10 Å². The fourth-order valence-electron chi connectivity index (χ4n) is 3.06. The highest BCUT2D eigenvalue weighted by atomic mass is 35.5. The molecule has 3 rings (SSSR count). The van der Waals surface area contributed by atoms with Crippen LogP contribution in [0.2, 0.25) is 5.02 Å². The van der Waals surface area contributed by atoms with Gasteiger partial charge < -0.3 is 14.0 Å². The van der Waals surface area contributed by atoms with Crippen LogP contribution in [0.1, 0.15) is 27.3 Å². The number of aryl methyl sites for hydroxylation is 2. The Labute approximate surface area is 174 Å². The molecule has 1 N–H and O–H groups in total. The normalized spacial score (nSPS) is 10.9. The molecule has 0 aliphatic heterocycles. The van der Waals surface area contributed by atoms with Crippen molar-refractivity contribution in [3.05, 3.63) is 76.1 Å². The maximum atomic E-state index is 12.5. The summed E-state index contributed by atoms with van der Waals surface area (Å²) in [7, 11) is 3.13. The van der Waals surface area contributed by atoms with Crippen LogP contribution in [-0.4, -0.2) is 30.9 Å². The molecule has 0 spiro atoms. The van der Waals surface area contributed by atoms with Crippen LogP contribution in [0, 0.1) is 13.8 Å². The Morgan fingerprint density at radius 1 is 1.00 bits per heavy atom. The number of nitrogens with zero attached hydrogens (tertiary/aromatic N) is 2. The number of rotatable bonds is 6. The molecule has 0 unspecified atom stereocenters. The summed E-state index contributed by atoms with van der Waals surface area (Å²) in [5, 5.41) is 4.36. The molecule has 6 nitrogen and oxygen atoms in total. The average Bonchev–Trinajstić information content (AvgIpc) is 3.05. The Bertz CT molecular complexity index is 1050. The van der Waals surface area contributed by atoms with Gasteiger partial charge >= 0.3 is 0 Å². The highest BCUT2D eigenvalue weighted by Crippen LogP contribution is 2.27. The maximum absolute atomic E-state index is 12.5. The number of carbonyl (C=O) groups excluding carboxylic acids is 1. The highest BCUT2D eigenvalue weighted by molar-refractivity contribution is 6.34. The van der Waals surface area contributed by atoms with Crippen LogP contribution in [0.25, 0.3) is 5.69 Å². The Balaban J connectivity index is 1.73. The Morgan fingerprint density at radius 3 is 2.31 bits per heavy atom. The first-order valence-corrected chi connectivity index (χ1v) is 9.32. The van der Waals surface area contributed by atoms with E-state index in [2.05, 4.69) is 15.1 Å². The molecular formula is C22H22ClN3O3. The van der Waals surface area contributed by atoms with Crippen LogP contribution < -0.4 is 14.9 Å². The number of benzene rings is 2. The van der Waals surface area contributed by atoms with Crippen LogP contribution in [0.4, 0.5) is 0 Å². The summed E-state index contributed by atoms with van der Waals surface area (Å²) in [6.45, 7) is 4.04. The van der Waals surface area contributed by atoms with Gasteiger partial charge in [-0.1, -0.05) is 11.6 Å². The second-order valence-corrected chi connectivity index (χ2v) is 6.84. The lowest BCUT2D eigenvalue weighted by Gasteiger charge is -2.11. The molecule has 29 heavy (non-hydrogen) atoms. The van der Waals surface area contributed by atoms with E-state index < -0.39 is 0 Å². The number of hydrogen-bond donors (Lipinski definition) is 1. The second kappa shape index (κ2) is 8.84. The number of ether oxygens (including phenoxy) is 2. The molecular weight excluding hydrogens is 390 g/mol. The number of nitrogens with one attached hydrogen (secondary N) is 1. The third-order valence-electron chi connectivity index (χ3n) is 4.51. The number of amides is 1. The van der Waals surface area contributed by atoms with E-state index in [0.29, 0.717) is 22.1 Å². The fourth-order valence-corrected chi connectivity index (χ4v) is 3.32. The molecule has 0 fully saturated rings. The molecule has 0 aliphatic rings. The minimum Gasteiger partial charge on any atom is -0.493 e. The van der Waals surface area contributed by atoms with Crippen LogP contribution in [0.3, 0.4) is 0 Å². The van der Waals surface area contributed by atoms with Gasteiger partial charge in [0, 0.05) is 17.1 Å². The molecule has 0 saturated heterocycles. The summed E-state index contributed by atoms with van der Waals surface area (Å²) in [6, 6.07) is 14.7. The SMILES string of the molecule is COc1ccc(/C=N\NC(=O)c2ccc(-n3c(C)ccc3C)cc2Cl)cc1OC. The van der Waals surface area contributed by atoms with E-state index in [1.165, 1.54) is 6.21 Å². The van der Waals surface area contributed by atoms with E-state index in [-0.39, 0.29) is 5.91 Å². The Kier molecular flexibility index (Phi) is 6.24. The summed E-state index contributed by atoms with van der Waals surface area (Å²) in [5.41, 5.74) is 6.69. The zero-order chi connectivity index (χ0) is 21.0. The molecule has 1 amide bonds. The van der Waals surface area contributed by atoms with Crippen LogP contribution in [0.5, 0.6) is 11.5 Å². The van der Waals surface area contributed by atoms with Crippen LogP contribution in [-0.2, 0) is 0 Å². The Morgan fingerprint density at radius 2 is 1.69 bits per heavy atom. The summed E-state index contributed by atoms with van der Waals surface area (Å²) < 4.78 is 12.5. The topological polar surface area (TPSA) is 64.8 Å². The van der Waals surface area contributed by atoms with Crippen molar-refractivity contribution < 1.29 is 14.3 Å². The monoisotopic (exact) mass is 411 g/mol. The third kappa shape index (κ3) is 4.43. The van der Waals surface area contributed by atoms with Crippen LogP contribution >= 0.6 is 11.6 Å². The van der Waals surface area contributed by atoms with E-state index in [4.69, 9.17) is 21.1 Å². The summed E-state index contributed by atoms with van der Waals surface area (Å²) in [5.74, 6) is 0.810. The lowest BCUT2D eigenvalue weighted by Crippen LogP contribution is -2.18. The van der Waals surface area contributed by atoms with Gasteiger partial charge in [-0.25, -0.2) is 5.43 Å². The number of carbonyl (C=O) groups is 1. The molecule has 0 saturated carbocycles. The number of aromatic nitrogens is 1. The molecule has 0 radical (unpaired) electrons. The summed E-state index contributed by atoms with van der Waals surface area (Å²) >= 11 is 6.36. The van der Waals surface area contributed by atoms with Crippen molar-refractivity contribution in [2.24, 2.45) is 5.10 Å². The minimum absolute atomic E-state index is 0.349. The molecule has 1 aromatic heterocycles. The van der Waals surface area contributed by atoms with Gasteiger partial charge in [0.1, 0.15) is 0 Å². The van der Waals surface area contributed by atoms with Gasteiger partial charge in [0.25, 0.3) is 5.91 Å². The van der Waals surface area contributed by atoms with Crippen molar-refractivity contribution in [3.8, 4) is 17.2 Å². The number of hydrogen-bond acceptors (Lipinski definition) is 4. The fraction of sp³-hybridized carbons (Fsp3) is 0.182. The van der Waals surface area contributed by atoms with E-state index in [0.717, 1.165) is 22.6 Å². The molecule has 0 bridgehead atoms. The van der Waals surface area contributed by atoms with E-state index in [9.17, 15) is 4.79 Å². The van der Waals surface area contributed by atoms with Gasteiger partial charge in [-0.3, -0.25) is 4.79 Å². The highest BCUT2D eigenvalue weighted by Gasteiger charge is 2.12. The maximum Gasteiger partial charge on any atom is 0.272 e. The van der Waals surface area contributed by atoms with Crippen molar-refractivity contribution in [2.45, 2.75) is 13.8 Å². The predicted molar refractivity (Wildman–Crippen MR) is 115 cm³/mol. The standard InChI is InChI=1S/C22H22ClN3O3/c1-14-5-6-15(2)26(14)17-8-9-18(19(23)12-17)22(27)25-24-13-16-7-10-20(28-3)21(11-16)29-4/h5-13H,1-4H3,(H,25,27)/b24-13-. The zero-order valence-corrected chi connectivity index (χ0v) is 17.4. The van der Waals surface area contributed by atoms with Crippen molar-refractivity contribution in [1.82, 2.24) is 9.99 Å². The second-order valence-electron chi connectivity index (χ2n) is 6.43. The van der Waals surface area contributed by atoms with Gasteiger partial charge in [0.15, 0.2) is 11.5 Å². The van der Waals surface area contributed by atoms with Crippen molar-refractivity contribution >= 4 is 23.7 Å². The molecule has 3 aromatic rings. The van der Waals surface area contributed by atoms with E-state index in [1.54, 1.807) is 44.6 Å². The molecule has 2 aromatic carbocycles. The third-order valence-corrected chi connectivity index (χ3v) is 4.83. The van der Waals surface area contributed by atoms with Gasteiger partial charge in [-0.15, -0.1) is 0 Å². The van der Waals surface area contributed by atoms with Crippen molar-refractivity contribution in [2.75, 3.05) is 14.2 Å². The summed E-state index contributed by atoms with van der Waals surface area (Å²) in [4.78, 5) is 12.5. The van der Waals surface area contributed by atoms with Crippen molar-refractivity contribution in [3.63, 3.8) is 0 Å². The average molecular weight is 412 g/mol. The lowest BCUT2D eigenvalue weighted by molar-refractivity contribution is 0.0955. The Hall–Kier alpha value is -3.25. The number of hydrazone groups is 1.